The standard InChI is InChI=1S/C24H25N7OS.C2H6S/c1-30-6-5-18(12-30)32-21-8-15(16-10-28-31(2)11-16)7-20-23(21)24(26-13-25-20)29-17-3-4-19-22(9-17)33-14-27-19;1-3-2/h3-4,7-11,13,18,27H,5-6,12,14H2,1-2H3,(H,25,26,29);1-2H3. The van der Waals surface area contributed by atoms with Gasteiger partial charge in [-0.3, -0.25) is 4.68 Å². The van der Waals surface area contributed by atoms with Crippen LogP contribution in [0.25, 0.3) is 22.0 Å². The van der Waals surface area contributed by atoms with Gasteiger partial charge in [-0.1, -0.05) is 0 Å². The average molecular weight is 522 g/mol. The van der Waals surface area contributed by atoms with E-state index in [0.29, 0.717) is 0 Å². The van der Waals surface area contributed by atoms with Gasteiger partial charge in [0.1, 0.15) is 24.0 Å². The number of ether oxygens (including phenoxy) is 1. The Bertz CT molecular complexity index is 1360. The fraction of sp³-hybridized carbons (Fsp3) is 0.346. The second kappa shape index (κ2) is 11.0. The van der Waals surface area contributed by atoms with E-state index in [9.17, 15) is 0 Å². The van der Waals surface area contributed by atoms with Gasteiger partial charge < -0.3 is 20.3 Å². The Morgan fingerprint density at radius 2 is 2.00 bits per heavy atom. The number of benzene rings is 2. The number of hydrogen-bond acceptors (Lipinski definition) is 9. The van der Waals surface area contributed by atoms with Gasteiger partial charge in [0.2, 0.25) is 0 Å². The van der Waals surface area contributed by atoms with Crippen LogP contribution < -0.4 is 15.4 Å². The van der Waals surface area contributed by atoms with Crippen LogP contribution in [0.5, 0.6) is 5.75 Å². The molecule has 0 spiro atoms. The van der Waals surface area contributed by atoms with E-state index in [4.69, 9.17) is 4.74 Å². The molecule has 4 heterocycles. The summed E-state index contributed by atoms with van der Waals surface area (Å²) >= 11 is 3.55. The third-order valence-corrected chi connectivity index (χ3v) is 7.05. The Labute approximate surface area is 220 Å². The summed E-state index contributed by atoms with van der Waals surface area (Å²) in [6.07, 6.45) is 10.7. The van der Waals surface area contributed by atoms with Crippen molar-refractivity contribution in [2.24, 2.45) is 7.05 Å². The molecule has 1 atom stereocenters. The summed E-state index contributed by atoms with van der Waals surface area (Å²) in [4.78, 5) is 12.7. The molecule has 8 nitrogen and oxygen atoms in total. The first-order chi connectivity index (χ1) is 17.5. The van der Waals surface area contributed by atoms with Gasteiger partial charge in [0.05, 0.1) is 23.0 Å². The van der Waals surface area contributed by atoms with Crippen LogP contribution in [0.15, 0.2) is 53.9 Å². The summed E-state index contributed by atoms with van der Waals surface area (Å²) in [7, 11) is 4.05. The van der Waals surface area contributed by atoms with Gasteiger partial charge in [0.25, 0.3) is 0 Å². The Balaban J connectivity index is 0.000000848. The lowest BCUT2D eigenvalue weighted by Gasteiger charge is -2.18. The number of nitrogens with zero attached hydrogens (tertiary/aromatic N) is 5. The molecule has 36 heavy (non-hydrogen) atoms. The normalized spacial score (nSPS) is 16.8. The highest BCUT2D eigenvalue weighted by atomic mass is 32.2. The Kier molecular flexibility index (Phi) is 7.54. The highest BCUT2D eigenvalue weighted by Crippen LogP contribution is 2.39. The third kappa shape index (κ3) is 5.40. The number of likely N-dealkylation sites (N-methyl/N-ethyl adjacent to an activating group) is 1. The maximum absolute atomic E-state index is 6.58. The van der Waals surface area contributed by atoms with Crippen LogP contribution in [0, 0.1) is 0 Å². The van der Waals surface area contributed by atoms with E-state index in [1.165, 1.54) is 10.6 Å². The molecule has 6 rings (SSSR count). The largest absolute Gasteiger partial charge is 0.488 e. The van der Waals surface area contributed by atoms with Gasteiger partial charge in [-0.25, -0.2) is 9.97 Å². The average Bonchev–Trinajstić information content (AvgIpc) is 3.60. The number of anilines is 3. The minimum Gasteiger partial charge on any atom is -0.488 e. The Morgan fingerprint density at radius 1 is 1.14 bits per heavy atom. The number of aryl methyl sites for hydroxylation is 1. The molecule has 0 radical (unpaired) electrons. The lowest BCUT2D eigenvalue weighted by molar-refractivity contribution is 0.211. The molecule has 0 amide bonds. The van der Waals surface area contributed by atoms with Crippen LogP contribution in [0.2, 0.25) is 0 Å². The first-order valence-electron chi connectivity index (χ1n) is 11.8. The molecular formula is C26H31N7OS2. The number of rotatable bonds is 5. The van der Waals surface area contributed by atoms with E-state index in [2.05, 4.69) is 68.0 Å². The molecule has 0 saturated carbocycles. The maximum Gasteiger partial charge on any atom is 0.145 e. The van der Waals surface area contributed by atoms with Gasteiger partial charge in [0.15, 0.2) is 0 Å². The maximum atomic E-state index is 6.58. The zero-order valence-corrected chi connectivity index (χ0v) is 22.6. The Hall–Kier alpha value is -2.95. The van der Waals surface area contributed by atoms with Gasteiger partial charge >= 0.3 is 0 Å². The van der Waals surface area contributed by atoms with Crippen LogP contribution in [-0.4, -0.2) is 69.3 Å². The van der Waals surface area contributed by atoms with Gasteiger partial charge in [-0.2, -0.15) is 16.9 Å². The zero-order valence-electron chi connectivity index (χ0n) is 21.0. The van der Waals surface area contributed by atoms with Crippen LogP contribution >= 0.6 is 23.5 Å². The van der Waals surface area contributed by atoms with Crippen LogP contribution in [0.4, 0.5) is 17.2 Å². The van der Waals surface area contributed by atoms with Crippen molar-refractivity contribution in [3.8, 4) is 16.9 Å². The first kappa shape index (κ1) is 24.7. The molecule has 2 aromatic heterocycles. The predicted octanol–water partition coefficient (Wildman–Crippen LogP) is 5.31. The summed E-state index contributed by atoms with van der Waals surface area (Å²) in [5.41, 5.74) is 5.07. The molecule has 10 heteroatoms. The van der Waals surface area contributed by atoms with Crippen LogP contribution in [0.1, 0.15) is 6.42 Å². The van der Waals surface area contributed by atoms with E-state index in [1.807, 2.05) is 32.0 Å². The molecule has 2 aliphatic rings. The summed E-state index contributed by atoms with van der Waals surface area (Å²) in [5, 5.41) is 12.1. The first-order valence-corrected chi connectivity index (χ1v) is 14.5. The van der Waals surface area contributed by atoms with Crippen molar-refractivity contribution in [2.45, 2.75) is 17.4 Å². The van der Waals surface area contributed by atoms with E-state index >= 15 is 0 Å². The smallest absolute Gasteiger partial charge is 0.145 e. The van der Waals surface area contributed by atoms with Crippen molar-refractivity contribution in [1.29, 1.82) is 0 Å². The molecule has 2 aliphatic heterocycles. The molecule has 1 fully saturated rings. The molecule has 2 N–H and O–H groups in total. The number of aromatic nitrogens is 4. The van der Waals surface area contributed by atoms with E-state index in [1.54, 1.807) is 34.5 Å². The molecule has 1 saturated heterocycles. The predicted molar refractivity (Wildman–Crippen MR) is 152 cm³/mol. The Morgan fingerprint density at radius 3 is 2.75 bits per heavy atom. The van der Waals surface area contributed by atoms with Crippen LogP contribution in [0.3, 0.4) is 0 Å². The highest BCUT2D eigenvalue weighted by Gasteiger charge is 2.23. The number of fused-ring (bicyclic) bond motifs is 2. The lowest BCUT2D eigenvalue weighted by Crippen LogP contribution is -2.21. The van der Waals surface area contributed by atoms with Crippen molar-refractivity contribution in [2.75, 3.05) is 49.2 Å². The number of nitrogens with one attached hydrogen (secondary N) is 2. The third-order valence-electron chi connectivity index (χ3n) is 6.12. The van der Waals surface area contributed by atoms with E-state index in [-0.39, 0.29) is 6.10 Å². The quantitative estimate of drug-likeness (QED) is 0.363. The molecule has 0 aliphatic carbocycles. The fourth-order valence-electron chi connectivity index (χ4n) is 4.44. The summed E-state index contributed by atoms with van der Waals surface area (Å²) in [6, 6.07) is 10.5. The van der Waals surface area contributed by atoms with Crippen molar-refractivity contribution >= 4 is 51.6 Å². The van der Waals surface area contributed by atoms with Gasteiger partial charge in [0, 0.05) is 48.2 Å². The van der Waals surface area contributed by atoms with E-state index in [0.717, 1.165) is 64.7 Å². The second-order valence-corrected chi connectivity index (χ2v) is 10.8. The summed E-state index contributed by atoms with van der Waals surface area (Å²) in [6.45, 7) is 1.94. The monoisotopic (exact) mass is 521 g/mol. The molecule has 4 aromatic rings. The van der Waals surface area contributed by atoms with Gasteiger partial charge in [-0.05, 0) is 61.9 Å². The summed E-state index contributed by atoms with van der Waals surface area (Å²) < 4.78 is 8.38. The van der Waals surface area contributed by atoms with Gasteiger partial charge in [-0.15, -0.1) is 11.8 Å². The lowest BCUT2D eigenvalue weighted by atomic mass is 10.1. The van der Waals surface area contributed by atoms with Crippen molar-refractivity contribution in [3.05, 3.63) is 49.1 Å². The number of likely N-dealkylation sites (tertiary alicyclic amines) is 1. The van der Waals surface area contributed by atoms with Crippen molar-refractivity contribution in [3.63, 3.8) is 0 Å². The second-order valence-electron chi connectivity index (χ2n) is 8.99. The minimum atomic E-state index is 0.137. The zero-order chi connectivity index (χ0) is 25.1. The number of hydrogen-bond donors (Lipinski definition) is 2. The van der Waals surface area contributed by atoms with Crippen LogP contribution in [-0.2, 0) is 7.05 Å². The summed E-state index contributed by atoms with van der Waals surface area (Å²) in [5.74, 6) is 2.45. The fourth-order valence-corrected chi connectivity index (χ4v) is 5.33. The minimum absolute atomic E-state index is 0.137. The SMILES string of the molecule is CN1CCC(Oc2cc(-c3cnn(C)c3)cc3ncnc(Nc4ccc5c(c4)SCN5)c23)C1.CSC. The molecule has 188 valence electrons. The topological polar surface area (TPSA) is 80.1 Å². The highest BCUT2D eigenvalue weighted by molar-refractivity contribution is 7.99. The van der Waals surface area contributed by atoms with Crippen molar-refractivity contribution < 1.29 is 4.74 Å². The van der Waals surface area contributed by atoms with E-state index < -0.39 is 0 Å². The molecule has 0 bridgehead atoms. The van der Waals surface area contributed by atoms with Crippen molar-refractivity contribution in [1.82, 2.24) is 24.6 Å². The molecule has 1 unspecified atom stereocenters. The number of thioether (sulfide) groups is 2. The molecule has 2 aromatic carbocycles. The molecular weight excluding hydrogens is 490 g/mol.